The zero-order valence-corrected chi connectivity index (χ0v) is 17.9. The molecule has 1 unspecified atom stereocenters. The van der Waals surface area contributed by atoms with Crippen molar-refractivity contribution in [1.29, 1.82) is 0 Å². The van der Waals surface area contributed by atoms with Crippen molar-refractivity contribution >= 4 is 35.6 Å². The van der Waals surface area contributed by atoms with Crippen LogP contribution in [-0.4, -0.2) is 68.7 Å². The van der Waals surface area contributed by atoms with E-state index in [1.165, 1.54) is 13.1 Å². The smallest absolute Gasteiger partial charge is 0.193 e. The van der Waals surface area contributed by atoms with Gasteiger partial charge in [-0.25, -0.2) is 0 Å². The van der Waals surface area contributed by atoms with Crippen LogP contribution in [0.25, 0.3) is 0 Å². The summed E-state index contributed by atoms with van der Waals surface area (Å²) in [5.41, 5.74) is 6.85. The van der Waals surface area contributed by atoms with Crippen molar-refractivity contribution in [3.8, 4) is 5.75 Å². The second-order valence-electron chi connectivity index (χ2n) is 6.39. The van der Waals surface area contributed by atoms with E-state index in [0.717, 1.165) is 44.2 Å². The van der Waals surface area contributed by atoms with E-state index in [0.29, 0.717) is 11.9 Å². The first-order valence-electron chi connectivity index (χ1n) is 8.77. The lowest BCUT2D eigenvalue weighted by Gasteiger charge is -2.35. The number of nitrogens with zero attached hydrogens (tertiary/aromatic N) is 3. The lowest BCUT2D eigenvalue weighted by atomic mass is 10.1. The highest BCUT2D eigenvalue weighted by Crippen LogP contribution is 2.22. The molecule has 1 aromatic carbocycles. The molecular weight excluding hydrogens is 429 g/mol. The Balaban J connectivity index is 0.00000312. The van der Waals surface area contributed by atoms with E-state index in [-0.39, 0.29) is 24.0 Å². The molecule has 1 fully saturated rings. The molecule has 1 aliphatic heterocycles. The van der Waals surface area contributed by atoms with Gasteiger partial charge in [-0.3, -0.25) is 4.99 Å². The fourth-order valence-corrected chi connectivity index (χ4v) is 2.97. The van der Waals surface area contributed by atoms with Crippen molar-refractivity contribution in [2.45, 2.75) is 13.8 Å². The molecular formula is C18H32IN5O. The Labute approximate surface area is 168 Å². The largest absolute Gasteiger partial charge is 0.495 e. The summed E-state index contributed by atoms with van der Waals surface area (Å²) < 4.78 is 5.31. The van der Waals surface area contributed by atoms with Gasteiger partial charge < -0.3 is 25.6 Å². The monoisotopic (exact) mass is 461 g/mol. The molecule has 25 heavy (non-hydrogen) atoms. The van der Waals surface area contributed by atoms with E-state index in [1.54, 1.807) is 7.11 Å². The molecule has 3 N–H and O–H groups in total. The van der Waals surface area contributed by atoms with Crippen LogP contribution < -0.4 is 15.8 Å². The predicted octanol–water partition coefficient (Wildman–Crippen LogP) is 2.31. The van der Waals surface area contributed by atoms with E-state index in [1.807, 2.05) is 24.3 Å². The van der Waals surface area contributed by atoms with Crippen LogP contribution in [0.1, 0.15) is 13.8 Å². The Kier molecular flexibility index (Phi) is 10.1. The minimum absolute atomic E-state index is 0. The first kappa shape index (κ1) is 22.0. The van der Waals surface area contributed by atoms with Gasteiger partial charge in [-0.2, -0.15) is 0 Å². The normalized spacial score (nSPS) is 17.6. The maximum Gasteiger partial charge on any atom is 0.193 e. The summed E-state index contributed by atoms with van der Waals surface area (Å²) in [4.78, 5) is 9.50. The van der Waals surface area contributed by atoms with E-state index in [2.05, 4.69) is 34.0 Å². The molecule has 0 aromatic heterocycles. The molecule has 142 valence electrons. The summed E-state index contributed by atoms with van der Waals surface area (Å²) in [6.45, 7) is 12.0. The number of likely N-dealkylation sites (N-methyl/N-ethyl adjacent to an activating group) is 1. The minimum Gasteiger partial charge on any atom is -0.495 e. The van der Waals surface area contributed by atoms with Gasteiger partial charge in [0.1, 0.15) is 5.75 Å². The zero-order chi connectivity index (χ0) is 17.4. The Morgan fingerprint density at radius 3 is 2.52 bits per heavy atom. The number of rotatable bonds is 7. The van der Waals surface area contributed by atoms with Crippen LogP contribution in [-0.2, 0) is 0 Å². The number of methoxy groups -OCH3 is 1. The van der Waals surface area contributed by atoms with E-state index in [4.69, 9.17) is 10.5 Å². The number of halogens is 1. The molecule has 1 aliphatic rings. The predicted molar refractivity (Wildman–Crippen MR) is 116 cm³/mol. The first-order chi connectivity index (χ1) is 11.6. The van der Waals surface area contributed by atoms with Gasteiger partial charge in [0.25, 0.3) is 0 Å². The highest BCUT2D eigenvalue weighted by Gasteiger charge is 2.17. The van der Waals surface area contributed by atoms with E-state index >= 15 is 0 Å². The highest BCUT2D eigenvalue weighted by atomic mass is 127. The lowest BCUT2D eigenvalue weighted by Crippen LogP contribution is -2.47. The molecule has 6 nitrogen and oxygen atoms in total. The molecule has 0 spiro atoms. The second kappa shape index (κ2) is 11.5. The van der Waals surface area contributed by atoms with E-state index in [9.17, 15) is 0 Å². The molecule has 0 aliphatic carbocycles. The maximum atomic E-state index is 6.01. The third-order valence-electron chi connectivity index (χ3n) is 4.43. The number of aliphatic imine (C=N–C) groups is 1. The topological polar surface area (TPSA) is 66.1 Å². The average Bonchev–Trinajstić information content (AvgIpc) is 2.61. The van der Waals surface area contributed by atoms with Gasteiger partial charge in [-0.15, -0.1) is 24.0 Å². The van der Waals surface area contributed by atoms with Crippen molar-refractivity contribution in [3.63, 3.8) is 0 Å². The Bertz CT molecular complexity index is 532. The average molecular weight is 461 g/mol. The quantitative estimate of drug-likeness (QED) is 0.371. The van der Waals surface area contributed by atoms with Crippen LogP contribution in [0.2, 0.25) is 0 Å². The number of benzene rings is 1. The molecule has 1 aromatic rings. The standard InChI is InChI=1S/C18H31N5O.HI/c1-4-22-9-11-23(12-10-22)14-15(2)13-20-18(19)21-16-7-5-6-8-17(16)24-3;/h5-8,15H,4,9-14H2,1-3H3,(H3,19,20,21);1H. The molecule has 2 rings (SSSR count). The summed E-state index contributed by atoms with van der Waals surface area (Å²) in [6, 6.07) is 7.69. The Hall–Kier alpha value is -1.06. The summed E-state index contributed by atoms with van der Waals surface area (Å²) in [6.07, 6.45) is 0. The number of piperazine rings is 1. The van der Waals surface area contributed by atoms with Gasteiger partial charge in [0, 0.05) is 39.3 Å². The lowest BCUT2D eigenvalue weighted by molar-refractivity contribution is 0.125. The second-order valence-corrected chi connectivity index (χ2v) is 6.39. The number of ether oxygens (including phenoxy) is 1. The van der Waals surface area contributed by atoms with Crippen LogP contribution >= 0.6 is 24.0 Å². The number of nitrogens with one attached hydrogen (secondary N) is 1. The summed E-state index contributed by atoms with van der Waals surface area (Å²) >= 11 is 0. The van der Waals surface area contributed by atoms with Crippen molar-refractivity contribution < 1.29 is 4.74 Å². The van der Waals surface area contributed by atoms with Gasteiger partial charge in [-0.1, -0.05) is 26.0 Å². The van der Waals surface area contributed by atoms with Crippen LogP contribution in [0, 0.1) is 5.92 Å². The molecule has 1 heterocycles. The summed E-state index contributed by atoms with van der Waals surface area (Å²) in [5, 5.41) is 3.12. The Morgan fingerprint density at radius 1 is 1.24 bits per heavy atom. The highest BCUT2D eigenvalue weighted by molar-refractivity contribution is 14.0. The van der Waals surface area contributed by atoms with Crippen molar-refractivity contribution in [3.05, 3.63) is 24.3 Å². The van der Waals surface area contributed by atoms with Gasteiger partial charge in [0.2, 0.25) is 0 Å². The number of guanidine groups is 1. The van der Waals surface area contributed by atoms with Crippen molar-refractivity contribution in [1.82, 2.24) is 9.80 Å². The zero-order valence-electron chi connectivity index (χ0n) is 15.6. The number of para-hydroxylation sites is 2. The number of hydrogen-bond donors (Lipinski definition) is 2. The van der Waals surface area contributed by atoms with Gasteiger partial charge in [0.15, 0.2) is 5.96 Å². The van der Waals surface area contributed by atoms with Gasteiger partial charge in [-0.05, 0) is 24.6 Å². The SMILES string of the molecule is CCN1CCN(CC(C)CN=C(N)Nc2ccccc2OC)CC1.I. The molecule has 0 radical (unpaired) electrons. The van der Waals surface area contributed by atoms with Gasteiger partial charge in [0.05, 0.1) is 12.8 Å². The third-order valence-corrected chi connectivity index (χ3v) is 4.43. The summed E-state index contributed by atoms with van der Waals surface area (Å²) in [7, 11) is 1.65. The minimum atomic E-state index is 0. The van der Waals surface area contributed by atoms with Crippen LogP contribution in [0.5, 0.6) is 5.75 Å². The molecule has 1 atom stereocenters. The fourth-order valence-electron chi connectivity index (χ4n) is 2.97. The number of hydrogen-bond acceptors (Lipinski definition) is 4. The summed E-state index contributed by atoms with van der Waals surface area (Å²) in [5.74, 6) is 1.68. The molecule has 7 heteroatoms. The molecule has 0 amide bonds. The van der Waals surface area contributed by atoms with Crippen LogP contribution in [0.15, 0.2) is 29.3 Å². The molecule has 0 bridgehead atoms. The van der Waals surface area contributed by atoms with Crippen molar-refractivity contribution in [2.24, 2.45) is 16.6 Å². The third kappa shape index (κ3) is 7.37. The van der Waals surface area contributed by atoms with Crippen LogP contribution in [0.3, 0.4) is 0 Å². The molecule has 0 saturated carbocycles. The Morgan fingerprint density at radius 2 is 1.88 bits per heavy atom. The maximum absolute atomic E-state index is 6.01. The fraction of sp³-hybridized carbons (Fsp3) is 0.611. The number of nitrogens with two attached hydrogens (primary N) is 1. The van der Waals surface area contributed by atoms with Crippen LogP contribution in [0.4, 0.5) is 5.69 Å². The van der Waals surface area contributed by atoms with Crippen molar-refractivity contribution in [2.75, 3.05) is 58.2 Å². The molecule has 1 saturated heterocycles. The number of anilines is 1. The van der Waals surface area contributed by atoms with E-state index < -0.39 is 0 Å². The van der Waals surface area contributed by atoms with Gasteiger partial charge >= 0.3 is 0 Å². The first-order valence-corrected chi connectivity index (χ1v) is 8.77.